The monoisotopic (exact) mass is 358 g/mol. The van der Waals surface area contributed by atoms with Crippen LogP contribution in [0.15, 0.2) is 29.8 Å². The van der Waals surface area contributed by atoms with Gasteiger partial charge in [0.2, 0.25) is 0 Å². The van der Waals surface area contributed by atoms with Crippen LogP contribution in [0.4, 0.5) is 10.6 Å². The van der Waals surface area contributed by atoms with Crippen LogP contribution in [0.5, 0.6) is 0 Å². The first kappa shape index (κ1) is 16.4. The van der Waals surface area contributed by atoms with E-state index in [1.165, 1.54) is 10.4 Å². The van der Waals surface area contributed by atoms with E-state index in [0.29, 0.717) is 13.1 Å². The molecule has 0 saturated carbocycles. The normalized spacial score (nSPS) is 17.3. The lowest BCUT2D eigenvalue weighted by molar-refractivity contribution is 0.122. The highest BCUT2D eigenvalue weighted by Crippen LogP contribution is 2.24. The van der Waals surface area contributed by atoms with Gasteiger partial charge in [-0.25, -0.2) is 9.78 Å². The summed E-state index contributed by atoms with van der Waals surface area (Å²) in [7, 11) is 0. The highest BCUT2D eigenvalue weighted by atomic mass is 32.1. The number of rotatable bonds is 3. The molecule has 1 saturated heterocycles. The SMILES string of the molecule is O=C(NCc1cccnc1N1CCOCC1)N1CCc2sccc2C1. The lowest BCUT2D eigenvalue weighted by atomic mass is 10.1. The minimum Gasteiger partial charge on any atom is -0.378 e. The van der Waals surface area contributed by atoms with Crippen LogP contribution in [0.25, 0.3) is 0 Å². The van der Waals surface area contributed by atoms with Gasteiger partial charge in [-0.15, -0.1) is 11.3 Å². The van der Waals surface area contributed by atoms with Gasteiger partial charge < -0.3 is 19.9 Å². The third-order valence-corrected chi connectivity index (χ3v) is 5.73. The van der Waals surface area contributed by atoms with Crippen molar-refractivity contribution >= 4 is 23.2 Å². The zero-order valence-electron chi connectivity index (χ0n) is 14.1. The molecule has 132 valence electrons. The molecule has 2 amide bonds. The van der Waals surface area contributed by atoms with Gasteiger partial charge in [0.15, 0.2) is 0 Å². The molecule has 4 heterocycles. The zero-order valence-corrected chi connectivity index (χ0v) is 14.9. The molecule has 1 fully saturated rings. The van der Waals surface area contributed by atoms with E-state index in [1.54, 1.807) is 17.5 Å². The molecule has 2 aliphatic rings. The molecule has 2 aromatic rings. The van der Waals surface area contributed by atoms with Gasteiger partial charge in [0.25, 0.3) is 0 Å². The molecule has 2 aliphatic heterocycles. The van der Waals surface area contributed by atoms with Gasteiger partial charge in [-0.1, -0.05) is 6.07 Å². The van der Waals surface area contributed by atoms with E-state index in [9.17, 15) is 4.79 Å². The van der Waals surface area contributed by atoms with Gasteiger partial charge in [-0.05, 0) is 29.5 Å². The van der Waals surface area contributed by atoms with Gasteiger partial charge in [-0.3, -0.25) is 0 Å². The number of amides is 2. The number of hydrogen-bond acceptors (Lipinski definition) is 5. The minimum atomic E-state index is -0.00590. The largest absolute Gasteiger partial charge is 0.378 e. The van der Waals surface area contributed by atoms with Crippen LogP contribution in [0, 0.1) is 0 Å². The number of pyridine rings is 1. The third kappa shape index (κ3) is 3.62. The summed E-state index contributed by atoms with van der Waals surface area (Å²) in [6.07, 6.45) is 2.76. The second kappa shape index (κ2) is 7.41. The summed E-state index contributed by atoms with van der Waals surface area (Å²) in [6, 6.07) is 6.07. The second-order valence-electron chi connectivity index (χ2n) is 6.28. The number of morpholine rings is 1. The Morgan fingerprint density at radius 3 is 3.04 bits per heavy atom. The van der Waals surface area contributed by atoms with Gasteiger partial charge in [0.1, 0.15) is 5.82 Å². The Bertz CT molecular complexity index is 742. The van der Waals surface area contributed by atoms with Crippen molar-refractivity contribution in [3.63, 3.8) is 0 Å². The second-order valence-corrected chi connectivity index (χ2v) is 7.29. The summed E-state index contributed by atoms with van der Waals surface area (Å²) < 4.78 is 5.42. The van der Waals surface area contributed by atoms with E-state index in [2.05, 4.69) is 26.6 Å². The molecular weight excluding hydrogens is 336 g/mol. The summed E-state index contributed by atoms with van der Waals surface area (Å²) in [5.74, 6) is 0.949. The molecule has 0 bridgehead atoms. The van der Waals surface area contributed by atoms with Crippen molar-refractivity contribution in [2.24, 2.45) is 0 Å². The van der Waals surface area contributed by atoms with Crippen molar-refractivity contribution in [1.29, 1.82) is 0 Å². The van der Waals surface area contributed by atoms with Crippen molar-refractivity contribution in [2.75, 3.05) is 37.7 Å². The first-order chi connectivity index (χ1) is 12.3. The van der Waals surface area contributed by atoms with Gasteiger partial charge in [0.05, 0.1) is 13.2 Å². The molecule has 0 aromatic carbocycles. The number of aromatic nitrogens is 1. The Balaban J connectivity index is 1.39. The van der Waals surface area contributed by atoms with Gasteiger partial charge in [-0.2, -0.15) is 0 Å². The first-order valence-corrected chi connectivity index (χ1v) is 9.54. The van der Waals surface area contributed by atoms with E-state index >= 15 is 0 Å². The van der Waals surface area contributed by atoms with Crippen molar-refractivity contribution < 1.29 is 9.53 Å². The Kier molecular flexibility index (Phi) is 4.85. The smallest absolute Gasteiger partial charge is 0.317 e. The van der Waals surface area contributed by atoms with E-state index in [-0.39, 0.29) is 6.03 Å². The van der Waals surface area contributed by atoms with Crippen molar-refractivity contribution in [3.05, 3.63) is 45.8 Å². The average Bonchev–Trinajstić information content (AvgIpc) is 3.15. The third-order valence-electron chi connectivity index (χ3n) is 4.70. The van der Waals surface area contributed by atoms with Crippen LogP contribution in [-0.2, 0) is 24.2 Å². The number of hydrogen-bond donors (Lipinski definition) is 1. The number of carbonyl (C=O) groups is 1. The summed E-state index contributed by atoms with van der Waals surface area (Å²) in [4.78, 5) is 22.6. The molecule has 7 heteroatoms. The molecule has 1 N–H and O–H groups in total. The summed E-state index contributed by atoms with van der Waals surface area (Å²) in [5.41, 5.74) is 2.33. The number of thiophene rings is 1. The molecular formula is C18H22N4O2S. The molecule has 25 heavy (non-hydrogen) atoms. The van der Waals surface area contributed by atoms with E-state index < -0.39 is 0 Å². The maximum Gasteiger partial charge on any atom is 0.317 e. The number of ether oxygens (including phenoxy) is 1. The Morgan fingerprint density at radius 2 is 2.16 bits per heavy atom. The molecule has 0 aliphatic carbocycles. The average molecular weight is 358 g/mol. The number of urea groups is 1. The maximum absolute atomic E-state index is 12.6. The summed E-state index contributed by atoms with van der Waals surface area (Å²) in [5, 5.41) is 5.17. The van der Waals surface area contributed by atoms with Crippen molar-refractivity contribution in [2.45, 2.75) is 19.5 Å². The van der Waals surface area contributed by atoms with Crippen LogP contribution in [-0.4, -0.2) is 48.8 Å². The number of carbonyl (C=O) groups excluding carboxylic acids is 1. The molecule has 0 atom stereocenters. The fraction of sp³-hybridized carbons (Fsp3) is 0.444. The summed E-state index contributed by atoms with van der Waals surface area (Å²) in [6.45, 7) is 5.09. The van der Waals surface area contributed by atoms with Crippen molar-refractivity contribution in [3.8, 4) is 0 Å². The lowest BCUT2D eigenvalue weighted by Crippen LogP contribution is -2.42. The topological polar surface area (TPSA) is 57.7 Å². The minimum absolute atomic E-state index is 0.00590. The molecule has 0 unspecified atom stereocenters. The van der Waals surface area contributed by atoms with Crippen LogP contribution >= 0.6 is 11.3 Å². The molecule has 2 aromatic heterocycles. The van der Waals surface area contributed by atoms with Gasteiger partial charge >= 0.3 is 6.03 Å². The van der Waals surface area contributed by atoms with E-state index in [0.717, 1.165) is 50.7 Å². The first-order valence-electron chi connectivity index (χ1n) is 8.66. The Hall–Kier alpha value is -2.12. The predicted octanol–water partition coefficient (Wildman–Crippen LogP) is 2.25. The molecule has 0 radical (unpaired) electrons. The summed E-state index contributed by atoms with van der Waals surface area (Å²) >= 11 is 1.78. The van der Waals surface area contributed by atoms with Crippen LogP contribution < -0.4 is 10.2 Å². The molecule has 0 spiro atoms. The fourth-order valence-corrected chi connectivity index (χ4v) is 4.22. The fourth-order valence-electron chi connectivity index (χ4n) is 3.33. The highest BCUT2D eigenvalue weighted by molar-refractivity contribution is 7.10. The standard InChI is InChI=1S/C18H22N4O2S/c23-18(22-6-3-16-15(13-22)4-11-25-16)20-12-14-2-1-5-19-17(14)21-7-9-24-10-8-21/h1-2,4-5,11H,3,6-10,12-13H2,(H,20,23). The highest BCUT2D eigenvalue weighted by Gasteiger charge is 2.22. The maximum atomic E-state index is 12.6. The zero-order chi connectivity index (χ0) is 17.1. The van der Waals surface area contributed by atoms with Crippen molar-refractivity contribution in [1.82, 2.24) is 15.2 Å². The number of nitrogens with zero attached hydrogens (tertiary/aromatic N) is 3. The van der Waals surface area contributed by atoms with E-state index in [4.69, 9.17) is 4.74 Å². The van der Waals surface area contributed by atoms with Crippen LogP contribution in [0.1, 0.15) is 16.0 Å². The lowest BCUT2D eigenvalue weighted by Gasteiger charge is -2.30. The number of anilines is 1. The molecule has 6 nitrogen and oxygen atoms in total. The van der Waals surface area contributed by atoms with Crippen LogP contribution in [0.3, 0.4) is 0 Å². The van der Waals surface area contributed by atoms with E-state index in [1.807, 2.05) is 17.0 Å². The Morgan fingerprint density at radius 1 is 1.28 bits per heavy atom. The number of fused-ring (bicyclic) bond motifs is 1. The van der Waals surface area contributed by atoms with Gasteiger partial charge in [0, 0.05) is 49.4 Å². The van der Waals surface area contributed by atoms with Crippen LogP contribution in [0.2, 0.25) is 0 Å². The molecule has 4 rings (SSSR count). The Labute approximate surface area is 151 Å². The number of nitrogens with one attached hydrogen (secondary N) is 1. The quantitative estimate of drug-likeness (QED) is 0.914. The predicted molar refractivity (Wildman–Crippen MR) is 97.9 cm³/mol.